The van der Waals surface area contributed by atoms with Crippen molar-refractivity contribution >= 4 is 23.2 Å². The molecule has 0 spiro atoms. The number of benzene rings is 1. The van der Waals surface area contributed by atoms with Crippen LogP contribution in [0.4, 0.5) is 5.69 Å². The van der Waals surface area contributed by atoms with Crippen LogP contribution in [0.5, 0.6) is 0 Å². The lowest BCUT2D eigenvalue weighted by Gasteiger charge is -2.28. The highest BCUT2D eigenvalue weighted by atomic mass is 16.5. The number of hydrogen-bond acceptors (Lipinski definition) is 5. The lowest BCUT2D eigenvalue weighted by molar-refractivity contribution is -0.127. The van der Waals surface area contributed by atoms with Crippen molar-refractivity contribution in [1.29, 1.82) is 0 Å². The fourth-order valence-electron chi connectivity index (χ4n) is 2.90. The minimum Gasteiger partial charge on any atom is -0.462 e. The van der Waals surface area contributed by atoms with E-state index >= 15 is 0 Å². The molecule has 2 rings (SSSR count). The second kappa shape index (κ2) is 8.79. The largest absolute Gasteiger partial charge is 0.462 e. The van der Waals surface area contributed by atoms with Crippen LogP contribution >= 0.6 is 0 Å². The average Bonchev–Trinajstić information content (AvgIpc) is 2.57. The molecule has 0 radical (unpaired) electrons. The monoisotopic (exact) mass is 357 g/mol. The van der Waals surface area contributed by atoms with Crippen LogP contribution in [-0.2, 0) is 14.3 Å². The Morgan fingerprint density at radius 2 is 1.73 bits per heavy atom. The Morgan fingerprint density at radius 3 is 2.31 bits per heavy atom. The van der Waals surface area contributed by atoms with Crippen molar-refractivity contribution < 1.29 is 19.1 Å². The molecule has 1 fully saturated rings. The highest BCUT2D eigenvalue weighted by molar-refractivity contribution is 6.22. The summed E-state index contributed by atoms with van der Waals surface area (Å²) in [7, 11) is 0. The van der Waals surface area contributed by atoms with Gasteiger partial charge in [-0.05, 0) is 36.1 Å². The van der Waals surface area contributed by atoms with Crippen LogP contribution in [0, 0.1) is 5.41 Å². The van der Waals surface area contributed by atoms with E-state index < -0.39 is 0 Å². The Kier molecular flexibility index (Phi) is 6.72. The molecule has 0 bridgehead atoms. The molecule has 1 aromatic rings. The van der Waals surface area contributed by atoms with Gasteiger partial charge in [-0.25, -0.2) is 4.79 Å². The highest BCUT2D eigenvalue weighted by Crippen LogP contribution is 2.33. The van der Waals surface area contributed by atoms with Crippen molar-refractivity contribution in [2.24, 2.45) is 5.41 Å². The van der Waals surface area contributed by atoms with Gasteiger partial charge >= 0.3 is 5.97 Å². The van der Waals surface area contributed by atoms with Crippen LogP contribution in [0.2, 0.25) is 0 Å². The molecule has 1 aliphatic carbocycles. The van der Waals surface area contributed by atoms with Crippen molar-refractivity contribution in [2.45, 2.75) is 52.9 Å². The summed E-state index contributed by atoms with van der Waals surface area (Å²) in [4.78, 5) is 36.2. The average molecular weight is 357 g/mol. The molecule has 1 saturated carbocycles. The third-order valence-corrected chi connectivity index (χ3v) is 4.36. The maximum atomic E-state index is 12.1. The first kappa shape index (κ1) is 19.9. The molecule has 0 unspecified atom stereocenters. The van der Waals surface area contributed by atoms with E-state index in [2.05, 4.69) is 12.2 Å². The minimum absolute atomic E-state index is 0.133. The predicted molar refractivity (Wildman–Crippen MR) is 101 cm³/mol. The Morgan fingerprint density at radius 1 is 1.12 bits per heavy atom. The van der Waals surface area contributed by atoms with E-state index in [-0.39, 0.29) is 28.5 Å². The molecule has 1 aliphatic rings. The van der Waals surface area contributed by atoms with Crippen molar-refractivity contribution in [1.82, 2.24) is 0 Å². The molecule has 1 aromatic carbocycles. The summed E-state index contributed by atoms with van der Waals surface area (Å²) in [6, 6.07) is 6.77. The Balaban J connectivity index is 1.94. The number of rotatable bonds is 7. The van der Waals surface area contributed by atoms with Gasteiger partial charge < -0.3 is 10.1 Å². The van der Waals surface area contributed by atoms with E-state index in [4.69, 9.17) is 4.74 Å². The van der Waals surface area contributed by atoms with E-state index in [1.165, 1.54) is 6.20 Å². The standard InChI is InChI=1S/C21H27NO4/c1-4-5-6-11-26-20(25)15-7-9-16(10-8-15)22-14-17-18(23)12-21(2,3)13-19(17)24/h7-10,14,22H,4-6,11-13H2,1-3H3. The number of carbonyl (C=O) groups excluding carboxylic acids is 3. The van der Waals surface area contributed by atoms with Crippen LogP contribution in [0.15, 0.2) is 36.0 Å². The Bertz CT molecular complexity index is 679. The van der Waals surface area contributed by atoms with Gasteiger partial charge in [0, 0.05) is 24.7 Å². The van der Waals surface area contributed by atoms with E-state index in [0.717, 1.165) is 19.3 Å². The van der Waals surface area contributed by atoms with Gasteiger partial charge in [-0.15, -0.1) is 0 Å². The topological polar surface area (TPSA) is 72.5 Å². The van der Waals surface area contributed by atoms with Crippen LogP contribution in [0.25, 0.3) is 0 Å². The first-order chi connectivity index (χ1) is 12.3. The molecule has 1 N–H and O–H groups in total. The number of ketones is 2. The van der Waals surface area contributed by atoms with Gasteiger partial charge in [0.2, 0.25) is 0 Å². The van der Waals surface area contributed by atoms with Crippen LogP contribution in [0.1, 0.15) is 63.2 Å². The predicted octanol–water partition coefficient (Wildman–Crippen LogP) is 4.29. The SMILES string of the molecule is CCCCCOC(=O)c1ccc(NC=C2C(=O)CC(C)(C)CC2=O)cc1. The van der Waals surface area contributed by atoms with Gasteiger partial charge in [0.25, 0.3) is 0 Å². The Hall–Kier alpha value is -2.43. The molecule has 0 aromatic heterocycles. The lowest BCUT2D eigenvalue weighted by atomic mass is 9.74. The molecule has 0 amide bonds. The fourth-order valence-corrected chi connectivity index (χ4v) is 2.90. The Labute approximate surface area is 154 Å². The zero-order valence-corrected chi connectivity index (χ0v) is 15.8. The van der Waals surface area contributed by atoms with Gasteiger partial charge in [-0.2, -0.15) is 0 Å². The number of allylic oxidation sites excluding steroid dienone is 1. The summed E-state index contributed by atoms with van der Waals surface area (Å²) in [5.41, 5.74) is 1.12. The first-order valence-electron chi connectivity index (χ1n) is 9.13. The summed E-state index contributed by atoms with van der Waals surface area (Å²) in [5, 5.41) is 2.97. The molecule has 26 heavy (non-hydrogen) atoms. The molecule has 5 nitrogen and oxygen atoms in total. The van der Waals surface area contributed by atoms with Crippen molar-refractivity contribution in [3.63, 3.8) is 0 Å². The van der Waals surface area contributed by atoms with Crippen molar-refractivity contribution in [3.8, 4) is 0 Å². The molecule has 0 atom stereocenters. The molecule has 140 valence electrons. The minimum atomic E-state index is -0.342. The molecule has 5 heteroatoms. The van der Waals surface area contributed by atoms with Crippen LogP contribution in [0.3, 0.4) is 0 Å². The van der Waals surface area contributed by atoms with Gasteiger partial charge in [0.1, 0.15) is 0 Å². The zero-order chi connectivity index (χ0) is 19.2. The number of unbranched alkanes of at least 4 members (excludes halogenated alkanes) is 2. The maximum Gasteiger partial charge on any atom is 0.338 e. The van der Waals surface area contributed by atoms with Gasteiger partial charge in [0.15, 0.2) is 11.6 Å². The number of carbonyl (C=O) groups is 3. The highest BCUT2D eigenvalue weighted by Gasteiger charge is 2.35. The lowest BCUT2D eigenvalue weighted by Crippen LogP contribution is -2.31. The number of esters is 1. The summed E-state index contributed by atoms with van der Waals surface area (Å²) < 4.78 is 5.21. The van der Waals surface area contributed by atoms with Gasteiger partial charge in [-0.3, -0.25) is 9.59 Å². The number of ether oxygens (including phenoxy) is 1. The summed E-state index contributed by atoms with van der Waals surface area (Å²) >= 11 is 0. The fraction of sp³-hybridized carbons (Fsp3) is 0.476. The normalized spacial score (nSPS) is 16.3. The number of Topliss-reactive ketones (excluding diaryl/α,β-unsaturated/α-hetero) is 2. The second-order valence-corrected chi connectivity index (χ2v) is 7.49. The number of hydrogen-bond donors (Lipinski definition) is 1. The smallest absolute Gasteiger partial charge is 0.338 e. The van der Waals surface area contributed by atoms with E-state index in [1.807, 2.05) is 13.8 Å². The molecular weight excluding hydrogens is 330 g/mol. The van der Waals surface area contributed by atoms with E-state index in [0.29, 0.717) is 30.7 Å². The van der Waals surface area contributed by atoms with Crippen molar-refractivity contribution in [3.05, 3.63) is 41.6 Å². The first-order valence-corrected chi connectivity index (χ1v) is 9.13. The molecular formula is C21H27NO4. The zero-order valence-electron chi connectivity index (χ0n) is 15.8. The summed E-state index contributed by atoms with van der Waals surface area (Å²) in [6.07, 6.45) is 5.20. The van der Waals surface area contributed by atoms with Crippen LogP contribution < -0.4 is 5.32 Å². The van der Waals surface area contributed by atoms with Gasteiger partial charge in [-0.1, -0.05) is 33.6 Å². The maximum absolute atomic E-state index is 12.1. The van der Waals surface area contributed by atoms with Crippen LogP contribution in [-0.4, -0.2) is 24.1 Å². The van der Waals surface area contributed by atoms with Crippen molar-refractivity contribution in [2.75, 3.05) is 11.9 Å². The number of anilines is 1. The quantitative estimate of drug-likeness (QED) is 0.341. The molecule has 0 saturated heterocycles. The third-order valence-electron chi connectivity index (χ3n) is 4.36. The van der Waals surface area contributed by atoms with Gasteiger partial charge in [0.05, 0.1) is 17.7 Å². The summed E-state index contributed by atoms with van der Waals surface area (Å²) in [6.45, 7) is 6.37. The molecule has 0 aliphatic heterocycles. The number of nitrogens with one attached hydrogen (secondary N) is 1. The third kappa shape index (κ3) is 5.55. The van der Waals surface area contributed by atoms with E-state index in [1.54, 1.807) is 24.3 Å². The summed E-state index contributed by atoms with van der Waals surface area (Å²) in [5.74, 6) is -0.608. The second-order valence-electron chi connectivity index (χ2n) is 7.49. The molecule has 0 heterocycles. The van der Waals surface area contributed by atoms with E-state index in [9.17, 15) is 14.4 Å².